The number of nitrogens with zero attached hydrogens (tertiary/aromatic N) is 4. The molecule has 0 spiro atoms. The van der Waals surface area contributed by atoms with Crippen LogP contribution in [0.5, 0.6) is 0 Å². The van der Waals surface area contributed by atoms with Crippen molar-refractivity contribution < 1.29 is 9.53 Å². The molecule has 9 heteroatoms. The van der Waals surface area contributed by atoms with Crippen LogP contribution in [0.15, 0.2) is 29.4 Å². The van der Waals surface area contributed by atoms with Gasteiger partial charge < -0.3 is 20.3 Å². The summed E-state index contributed by atoms with van der Waals surface area (Å²) in [6, 6.07) is 6.41. The Morgan fingerprint density at radius 2 is 2.06 bits per heavy atom. The van der Waals surface area contributed by atoms with Crippen LogP contribution in [0.25, 0.3) is 0 Å². The summed E-state index contributed by atoms with van der Waals surface area (Å²) in [5.74, 6) is 0.706. The van der Waals surface area contributed by atoms with Crippen LogP contribution in [0, 0.1) is 0 Å². The van der Waals surface area contributed by atoms with Crippen molar-refractivity contribution in [3.8, 4) is 0 Å². The van der Waals surface area contributed by atoms with Crippen LogP contribution in [0.2, 0.25) is 0 Å². The minimum absolute atomic E-state index is 0. The zero-order valence-electron chi connectivity index (χ0n) is 18.8. The Hall–Kier alpha value is -1.46. The molecule has 1 unspecified atom stereocenters. The zero-order valence-corrected chi connectivity index (χ0v) is 21.1. The van der Waals surface area contributed by atoms with Crippen molar-refractivity contribution in [1.29, 1.82) is 0 Å². The van der Waals surface area contributed by atoms with Crippen molar-refractivity contribution in [2.75, 3.05) is 46.9 Å². The fourth-order valence-electron chi connectivity index (χ4n) is 3.77. The molecular weight excluding hydrogens is 507 g/mol. The van der Waals surface area contributed by atoms with Gasteiger partial charge in [-0.15, -0.1) is 24.0 Å². The summed E-state index contributed by atoms with van der Waals surface area (Å²) in [7, 11) is 3.51. The largest absolute Gasteiger partial charge is 0.376 e. The SMILES string of the molecule is CN(C)C(=O)CN=C(NCC1CCCCO1)NC1CCN(Cc2ccccn2)CC1.I. The van der Waals surface area contributed by atoms with E-state index in [4.69, 9.17) is 4.74 Å². The van der Waals surface area contributed by atoms with Crippen molar-refractivity contribution in [3.63, 3.8) is 0 Å². The van der Waals surface area contributed by atoms with Crippen LogP contribution in [0.4, 0.5) is 0 Å². The number of carbonyl (C=O) groups is 1. The summed E-state index contributed by atoms with van der Waals surface area (Å²) in [6.07, 6.45) is 7.57. The van der Waals surface area contributed by atoms with Gasteiger partial charge in [-0.05, 0) is 44.2 Å². The van der Waals surface area contributed by atoms with E-state index in [1.165, 1.54) is 6.42 Å². The van der Waals surface area contributed by atoms with Gasteiger partial charge in [0.15, 0.2) is 5.96 Å². The molecule has 174 valence electrons. The van der Waals surface area contributed by atoms with Gasteiger partial charge in [-0.1, -0.05) is 6.07 Å². The molecule has 31 heavy (non-hydrogen) atoms. The Morgan fingerprint density at radius 1 is 1.26 bits per heavy atom. The Kier molecular flexibility index (Phi) is 11.5. The number of amides is 1. The van der Waals surface area contributed by atoms with Gasteiger partial charge in [0.05, 0.1) is 11.8 Å². The van der Waals surface area contributed by atoms with E-state index in [0.29, 0.717) is 12.0 Å². The van der Waals surface area contributed by atoms with E-state index in [1.807, 2.05) is 18.3 Å². The average molecular weight is 544 g/mol. The van der Waals surface area contributed by atoms with Gasteiger partial charge in [-0.3, -0.25) is 14.7 Å². The third-order valence-electron chi connectivity index (χ3n) is 5.68. The molecule has 2 aliphatic heterocycles. The highest BCUT2D eigenvalue weighted by Gasteiger charge is 2.21. The summed E-state index contributed by atoms with van der Waals surface area (Å²) in [5.41, 5.74) is 1.11. The lowest BCUT2D eigenvalue weighted by molar-refractivity contribution is -0.127. The van der Waals surface area contributed by atoms with E-state index in [1.54, 1.807) is 19.0 Å². The van der Waals surface area contributed by atoms with Gasteiger partial charge in [0, 0.05) is 59.1 Å². The minimum atomic E-state index is -0.00445. The Balaban J connectivity index is 0.00000341. The van der Waals surface area contributed by atoms with E-state index in [9.17, 15) is 4.79 Å². The number of hydrogen-bond acceptors (Lipinski definition) is 5. The average Bonchev–Trinajstić information content (AvgIpc) is 2.78. The maximum absolute atomic E-state index is 12.0. The number of guanidine groups is 1. The van der Waals surface area contributed by atoms with Gasteiger partial charge in [0.1, 0.15) is 6.54 Å². The van der Waals surface area contributed by atoms with Crippen LogP contribution in [-0.4, -0.2) is 85.7 Å². The monoisotopic (exact) mass is 544 g/mol. The molecule has 0 bridgehead atoms. The van der Waals surface area contributed by atoms with Crippen molar-refractivity contribution >= 4 is 35.8 Å². The number of pyridine rings is 1. The smallest absolute Gasteiger partial charge is 0.243 e. The molecule has 3 heterocycles. The molecule has 0 aromatic carbocycles. The van der Waals surface area contributed by atoms with Crippen molar-refractivity contribution in [2.24, 2.45) is 4.99 Å². The van der Waals surface area contributed by atoms with E-state index in [-0.39, 0.29) is 42.5 Å². The van der Waals surface area contributed by atoms with E-state index < -0.39 is 0 Å². The van der Waals surface area contributed by atoms with Crippen molar-refractivity contribution in [2.45, 2.75) is 50.8 Å². The molecule has 3 rings (SSSR count). The maximum Gasteiger partial charge on any atom is 0.243 e. The third-order valence-corrected chi connectivity index (χ3v) is 5.68. The summed E-state index contributed by atoms with van der Waals surface area (Å²) in [4.78, 5) is 25.0. The minimum Gasteiger partial charge on any atom is -0.376 e. The van der Waals surface area contributed by atoms with Gasteiger partial charge in [-0.2, -0.15) is 0 Å². The molecule has 2 fully saturated rings. The molecular formula is C22H37IN6O2. The molecule has 2 N–H and O–H groups in total. The summed E-state index contributed by atoms with van der Waals surface area (Å²) in [5, 5.41) is 6.95. The molecule has 1 atom stereocenters. The highest BCUT2D eigenvalue weighted by molar-refractivity contribution is 14.0. The predicted molar refractivity (Wildman–Crippen MR) is 134 cm³/mol. The number of nitrogens with one attached hydrogen (secondary N) is 2. The second kappa shape index (κ2) is 13.8. The Labute approximate surface area is 203 Å². The number of ether oxygens (including phenoxy) is 1. The normalized spacial score (nSPS) is 20.6. The summed E-state index contributed by atoms with van der Waals surface area (Å²) < 4.78 is 5.82. The fourth-order valence-corrected chi connectivity index (χ4v) is 3.77. The Bertz CT molecular complexity index is 674. The highest BCUT2D eigenvalue weighted by atomic mass is 127. The number of hydrogen-bond donors (Lipinski definition) is 2. The van der Waals surface area contributed by atoms with Crippen LogP contribution >= 0.6 is 24.0 Å². The second-order valence-electron chi connectivity index (χ2n) is 8.34. The molecule has 8 nitrogen and oxygen atoms in total. The van der Waals surface area contributed by atoms with Gasteiger partial charge >= 0.3 is 0 Å². The lowest BCUT2D eigenvalue weighted by atomic mass is 10.0. The van der Waals surface area contributed by atoms with E-state index in [2.05, 4.69) is 31.6 Å². The molecule has 2 saturated heterocycles. The molecule has 1 aromatic rings. The topological polar surface area (TPSA) is 82.1 Å². The van der Waals surface area contributed by atoms with Gasteiger partial charge in [0.2, 0.25) is 5.91 Å². The number of likely N-dealkylation sites (tertiary alicyclic amines) is 1. The first-order valence-corrected chi connectivity index (χ1v) is 11.1. The van der Waals surface area contributed by atoms with Gasteiger partial charge in [-0.25, -0.2) is 4.99 Å². The van der Waals surface area contributed by atoms with Crippen LogP contribution in [0.1, 0.15) is 37.8 Å². The van der Waals surface area contributed by atoms with E-state index >= 15 is 0 Å². The number of rotatable bonds is 7. The zero-order chi connectivity index (χ0) is 21.2. The molecule has 1 aromatic heterocycles. The van der Waals surface area contributed by atoms with Crippen LogP contribution in [-0.2, 0) is 16.1 Å². The second-order valence-corrected chi connectivity index (χ2v) is 8.34. The molecule has 1 amide bonds. The number of aliphatic imine (C=N–C) groups is 1. The molecule has 0 saturated carbocycles. The quantitative estimate of drug-likeness (QED) is 0.310. The first-order chi connectivity index (χ1) is 14.6. The standard InChI is InChI=1S/C22H36N6O2.HI/c1-27(2)21(29)16-25-22(24-15-20-8-4-6-14-30-20)26-18-9-12-28(13-10-18)17-19-7-3-5-11-23-19;/h3,5,7,11,18,20H,4,6,8-10,12-17H2,1-2H3,(H2,24,25,26);1H. The van der Waals surface area contributed by atoms with Crippen molar-refractivity contribution in [3.05, 3.63) is 30.1 Å². The number of likely N-dealkylation sites (N-methyl/N-ethyl adjacent to an activating group) is 1. The lowest BCUT2D eigenvalue weighted by Crippen LogP contribution is -2.50. The summed E-state index contributed by atoms with van der Waals surface area (Å²) >= 11 is 0. The Morgan fingerprint density at radius 3 is 2.71 bits per heavy atom. The first-order valence-electron chi connectivity index (χ1n) is 11.1. The number of aromatic nitrogens is 1. The fraction of sp³-hybridized carbons (Fsp3) is 0.682. The lowest BCUT2D eigenvalue weighted by Gasteiger charge is -2.33. The molecule has 2 aliphatic rings. The first kappa shape index (κ1) is 25.8. The number of halogens is 1. The predicted octanol–water partition coefficient (Wildman–Crippen LogP) is 1.86. The number of carbonyl (C=O) groups excluding carboxylic acids is 1. The molecule has 0 aliphatic carbocycles. The van der Waals surface area contributed by atoms with Gasteiger partial charge in [0.25, 0.3) is 0 Å². The van der Waals surface area contributed by atoms with Crippen molar-refractivity contribution in [1.82, 2.24) is 25.4 Å². The summed E-state index contributed by atoms with van der Waals surface area (Å²) in [6.45, 7) is 4.63. The molecule has 0 radical (unpaired) electrons. The highest BCUT2D eigenvalue weighted by Crippen LogP contribution is 2.14. The van der Waals surface area contributed by atoms with Crippen LogP contribution < -0.4 is 10.6 Å². The third kappa shape index (κ3) is 9.28. The number of piperidine rings is 1. The maximum atomic E-state index is 12.0. The van der Waals surface area contributed by atoms with Crippen LogP contribution in [0.3, 0.4) is 0 Å². The van der Waals surface area contributed by atoms with E-state index in [0.717, 1.165) is 64.2 Å².